The monoisotopic (exact) mass is 480 g/mol. The van der Waals surface area contributed by atoms with E-state index in [2.05, 4.69) is 25.2 Å². The van der Waals surface area contributed by atoms with Gasteiger partial charge in [0.1, 0.15) is 23.6 Å². The fourth-order valence-corrected chi connectivity index (χ4v) is 5.39. The van der Waals surface area contributed by atoms with E-state index in [1.165, 1.54) is 29.2 Å². The number of aryl methyl sites for hydroxylation is 1. The second-order valence-electron chi connectivity index (χ2n) is 9.77. The van der Waals surface area contributed by atoms with Gasteiger partial charge in [-0.2, -0.15) is 0 Å². The molecule has 35 heavy (non-hydrogen) atoms. The van der Waals surface area contributed by atoms with Crippen molar-refractivity contribution in [2.45, 2.75) is 62.4 Å². The minimum absolute atomic E-state index is 0.0166. The molecule has 0 radical (unpaired) electrons. The summed E-state index contributed by atoms with van der Waals surface area (Å²) in [4.78, 5) is 27.1. The van der Waals surface area contributed by atoms with Gasteiger partial charge in [0.25, 0.3) is 5.56 Å². The molecule has 1 aliphatic carbocycles. The van der Waals surface area contributed by atoms with Crippen LogP contribution in [0.5, 0.6) is 5.75 Å². The van der Waals surface area contributed by atoms with E-state index in [9.17, 15) is 14.3 Å². The highest BCUT2D eigenvalue weighted by atomic mass is 19.1. The van der Waals surface area contributed by atoms with Gasteiger partial charge in [-0.25, -0.2) is 18.7 Å². The topological polar surface area (TPSA) is 96.2 Å². The average Bonchev–Trinajstić information content (AvgIpc) is 3.60. The van der Waals surface area contributed by atoms with Crippen LogP contribution in [0.4, 0.5) is 14.6 Å². The molecular formula is C25H26F2N6O2. The summed E-state index contributed by atoms with van der Waals surface area (Å²) in [5.41, 5.74) is 0.285. The van der Waals surface area contributed by atoms with E-state index in [4.69, 9.17) is 0 Å². The molecule has 2 N–H and O–H groups in total. The number of nitrogens with one attached hydrogen (secondary N) is 1. The summed E-state index contributed by atoms with van der Waals surface area (Å²) in [7, 11) is 1.55. The molecule has 3 aromatic rings. The lowest BCUT2D eigenvalue weighted by atomic mass is 9.96. The van der Waals surface area contributed by atoms with Crippen molar-refractivity contribution in [1.29, 1.82) is 0 Å². The highest BCUT2D eigenvalue weighted by Gasteiger charge is 2.48. The van der Waals surface area contributed by atoms with E-state index < -0.39 is 12.0 Å². The van der Waals surface area contributed by atoms with Gasteiger partial charge in [-0.05, 0) is 44.2 Å². The van der Waals surface area contributed by atoms with Gasteiger partial charge >= 0.3 is 0 Å². The number of aromatic nitrogens is 4. The predicted molar refractivity (Wildman–Crippen MR) is 126 cm³/mol. The van der Waals surface area contributed by atoms with Crippen LogP contribution < -0.4 is 15.8 Å². The zero-order valence-corrected chi connectivity index (χ0v) is 19.2. The Hall–Kier alpha value is -3.40. The molecule has 10 heteroatoms. The van der Waals surface area contributed by atoms with Crippen molar-refractivity contribution in [3.63, 3.8) is 0 Å². The molecular weight excluding hydrogens is 454 g/mol. The van der Waals surface area contributed by atoms with Crippen LogP contribution in [0.2, 0.25) is 0 Å². The summed E-state index contributed by atoms with van der Waals surface area (Å²) in [5, 5.41) is 14.0. The predicted octanol–water partition coefficient (Wildman–Crippen LogP) is 2.95. The second kappa shape index (κ2) is 8.37. The van der Waals surface area contributed by atoms with Gasteiger partial charge in [0.15, 0.2) is 0 Å². The van der Waals surface area contributed by atoms with Gasteiger partial charge in [-0.1, -0.05) is 0 Å². The Morgan fingerprint density at radius 2 is 1.89 bits per heavy atom. The van der Waals surface area contributed by atoms with E-state index in [1.807, 2.05) is 0 Å². The van der Waals surface area contributed by atoms with Crippen LogP contribution in [-0.4, -0.2) is 55.0 Å². The van der Waals surface area contributed by atoms with Gasteiger partial charge in [0, 0.05) is 42.4 Å². The molecule has 4 atom stereocenters. The first-order valence-electron chi connectivity index (χ1n) is 12.0. The van der Waals surface area contributed by atoms with Crippen LogP contribution in [-0.2, 0) is 7.05 Å². The van der Waals surface area contributed by atoms with Crippen molar-refractivity contribution in [3.8, 4) is 28.3 Å². The number of piperidine rings is 1. The van der Waals surface area contributed by atoms with Crippen LogP contribution in [0.1, 0.15) is 32.1 Å². The molecule has 0 spiro atoms. The van der Waals surface area contributed by atoms with Crippen molar-refractivity contribution in [1.82, 2.24) is 24.8 Å². The molecule has 4 heterocycles. The van der Waals surface area contributed by atoms with Gasteiger partial charge in [0.05, 0.1) is 36.2 Å². The summed E-state index contributed by atoms with van der Waals surface area (Å²) >= 11 is 0. The van der Waals surface area contributed by atoms with E-state index in [1.54, 1.807) is 13.2 Å². The van der Waals surface area contributed by atoms with Crippen molar-refractivity contribution in [2.75, 3.05) is 4.90 Å². The van der Waals surface area contributed by atoms with Crippen LogP contribution in [0.25, 0.3) is 22.5 Å². The minimum atomic E-state index is -0.968. The lowest BCUT2D eigenvalue weighted by Gasteiger charge is -2.41. The SMILES string of the molecule is Cn1cnc(-c2cc(O)c(-c3cnc(N(C4CC4)[C@@H]4CC5CCC(N5)[C@@H]4F)cn3)cc2F)cc1=O. The molecule has 2 unspecified atom stereocenters. The van der Waals surface area contributed by atoms with Gasteiger partial charge in [-0.15, -0.1) is 0 Å². The third-order valence-corrected chi connectivity index (χ3v) is 7.37. The number of phenolic OH excluding ortho intramolecular Hbond substituents is 1. The molecule has 2 saturated heterocycles. The molecule has 3 aliphatic rings. The number of hydrogen-bond acceptors (Lipinski definition) is 7. The fourth-order valence-electron chi connectivity index (χ4n) is 5.39. The third-order valence-electron chi connectivity index (χ3n) is 7.37. The smallest absolute Gasteiger partial charge is 0.253 e. The molecule has 182 valence electrons. The molecule has 0 amide bonds. The number of fused-ring (bicyclic) bond motifs is 2. The Morgan fingerprint density at radius 3 is 2.60 bits per heavy atom. The number of benzene rings is 1. The molecule has 3 fully saturated rings. The van der Waals surface area contributed by atoms with Crippen LogP contribution >= 0.6 is 0 Å². The van der Waals surface area contributed by atoms with E-state index in [0.717, 1.165) is 38.2 Å². The maximum atomic E-state index is 15.3. The van der Waals surface area contributed by atoms with Crippen LogP contribution in [0, 0.1) is 5.82 Å². The number of rotatable bonds is 5. The highest BCUT2D eigenvalue weighted by molar-refractivity contribution is 5.73. The largest absolute Gasteiger partial charge is 0.507 e. The maximum Gasteiger partial charge on any atom is 0.253 e. The lowest BCUT2D eigenvalue weighted by molar-refractivity contribution is 0.171. The highest BCUT2D eigenvalue weighted by Crippen LogP contribution is 2.40. The second-order valence-corrected chi connectivity index (χ2v) is 9.77. The maximum absolute atomic E-state index is 15.3. The summed E-state index contributed by atoms with van der Waals surface area (Å²) in [6, 6.07) is 3.85. The summed E-state index contributed by atoms with van der Waals surface area (Å²) in [6.07, 6.45) is 7.99. The third kappa shape index (κ3) is 3.95. The molecule has 2 aliphatic heterocycles. The number of anilines is 1. The molecule has 2 aromatic heterocycles. The summed E-state index contributed by atoms with van der Waals surface area (Å²) in [5.74, 6) is -0.246. The summed E-state index contributed by atoms with van der Waals surface area (Å²) < 4.78 is 31.5. The van der Waals surface area contributed by atoms with Crippen molar-refractivity contribution < 1.29 is 13.9 Å². The molecule has 2 bridgehead atoms. The van der Waals surface area contributed by atoms with Crippen molar-refractivity contribution in [3.05, 3.63) is 53.1 Å². The molecule has 1 aromatic carbocycles. The Kier molecular flexibility index (Phi) is 5.28. The Balaban J connectivity index is 1.29. The van der Waals surface area contributed by atoms with Gasteiger partial charge < -0.3 is 19.9 Å². The van der Waals surface area contributed by atoms with E-state index in [0.29, 0.717) is 17.6 Å². The lowest BCUT2D eigenvalue weighted by Crippen LogP contribution is -2.57. The number of alkyl halides is 1. The molecule has 8 nitrogen and oxygen atoms in total. The van der Waals surface area contributed by atoms with Crippen LogP contribution in [0.3, 0.4) is 0 Å². The first-order chi connectivity index (χ1) is 16.9. The standard InChI is InChI=1S/C25H26F2N6O2/c1-32-12-30-19(9-24(32)35)15-8-22(34)16(7-17(15)26)20-10-29-23(11-28-20)33(14-3-4-14)21-6-13-2-5-18(31-13)25(21)27/h7-14,18,21,25,31,34H,2-6H2,1H3/t13?,18?,21-,25+/m1/s1. The molecule has 1 saturated carbocycles. The zero-order valence-electron chi connectivity index (χ0n) is 19.2. The quantitative estimate of drug-likeness (QED) is 0.580. The van der Waals surface area contributed by atoms with Gasteiger partial charge in [-0.3, -0.25) is 9.78 Å². The van der Waals surface area contributed by atoms with Crippen LogP contribution in [0.15, 0.2) is 41.7 Å². The number of halogens is 2. The zero-order chi connectivity index (χ0) is 24.3. The Morgan fingerprint density at radius 1 is 1.06 bits per heavy atom. The summed E-state index contributed by atoms with van der Waals surface area (Å²) in [6.45, 7) is 0. The Labute approximate surface area is 200 Å². The first-order valence-corrected chi connectivity index (χ1v) is 12.0. The number of phenols is 1. The first kappa shape index (κ1) is 22.1. The normalized spacial score (nSPS) is 25.6. The number of hydrogen-bond donors (Lipinski definition) is 2. The fraction of sp³-hybridized carbons (Fsp3) is 0.440. The minimum Gasteiger partial charge on any atom is -0.507 e. The van der Waals surface area contributed by atoms with Crippen molar-refractivity contribution in [2.24, 2.45) is 7.05 Å². The van der Waals surface area contributed by atoms with E-state index in [-0.39, 0.29) is 46.3 Å². The van der Waals surface area contributed by atoms with Crippen molar-refractivity contribution >= 4 is 5.82 Å². The number of nitrogens with zero attached hydrogens (tertiary/aromatic N) is 5. The number of aromatic hydroxyl groups is 1. The molecule has 6 rings (SSSR count). The van der Waals surface area contributed by atoms with E-state index >= 15 is 4.39 Å². The van der Waals surface area contributed by atoms with Gasteiger partial charge in [0.2, 0.25) is 0 Å². The Bertz CT molecular complexity index is 1330. The average molecular weight is 481 g/mol.